The highest BCUT2D eigenvalue weighted by Gasteiger charge is 2.18. The number of ether oxygens (including phenoxy) is 2. The lowest BCUT2D eigenvalue weighted by atomic mass is 10.2. The topological polar surface area (TPSA) is 96.9 Å². The molecule has 1 rings (SSSR count). The molecule has 0 heterocycles. The minimum atomic E-state index is -0.883. The molecule has 1 aromatic rings. The van der Waals surface area contributed by atoms with Gasteiger partial charge in [-0.05, 0) is 32.0 Å². The van der Waals surface area contributed by atoms with Crippen LogP contribution in [0, 0.1) is 0 Å². The van der Waals surface area contributed by atoms with Crippen LogP contribution in [0.3, 0.4) is 0 Å². The van der Waals surface area contributed by atoms with Crippen LogP contribution < -0.4 is 20.1 Å². The van der Waals surface area contributed by atoms with Gasteiger partial charge < -0.3 is 19.9 Å². The predicted octanol–water partition coefficient (Wildman–Crippen LogP) is 0.800. The molecule has 0 spiro atoms. The molecule has 0 saturated carbocycles. The van der Waals surface area contributed by atoms with Gasteiger partial charge in [0.05, 0.1) is 13.7 Å². The van der Waals surface area contributed by atoms with Crippen molar-refractivity contribution in [2.45, 2.75) is 26.6 Å². The molecule has 0 bridgehead atoms. The van der Waals surface area contributed by atoms with Crippen molar-refractivity contribution in [3.63, 3.8) is 0 Å². The van der Waals surface area contributed by atoms with E-state index in [9.17, 15) is 14.7 Å². The fourth-order valence-electron chi connectivity index (χ4n) is 1.58. The maximum absolute atomic E-state index is 11.8. The number of aliphatic hydroxyl groups is 1. The van der Waals surface area contributed by atoms with Crippen molar-refractivity contribution < 1.29 is 24.2 Å². The zero-order valence-corrected chi connectivity index (χ0v) is 12.3. The van der Waals surface area contributed by atoms with Crippen molar-refractivity contribution in [3.8, 4) is 11.5 Å². The van der Waals surface area contributed by atoms with E-state index in [0.29, 0.717) is 23.6 Å². The standard InChI is InChI=1S/C14H20N2O5/c1-4-15-14(19)16-13(18)9(2)21-12-6-5-11(20-3)7-10(12)8-17/h5-7,9,17H,4,8H2,1-3H3,(H2,15,16,18,19). The average Bonchev–Trinajstić information content (AvgIpc) is 2.47. The number of imide groups is 1. The molecular weight excluding hydrogens is 276 g/mol. The number of benzene rings is 1. The molecule has 3 N–H and O–H groups in total. The van der Waals surface area contributed by atoms with E-state index in [0.717, 1.165) is 0 Å². The van der Waals surface area contributed by atoms with Gasteiger partial charge in [-0.2, -0.15) is 0 Å². The molecule has 0 radical (unpaired) electrons. The molecule has 0 saturated heterocycles. The normalized spacial score (nSPS) is 11.4. The van der Waals surface area contributed by atoms with Crippen LogP contribution in [0.4, 0.5) is 4.79 Å². The van der Waals surface area contributed by atoms with Crippen LogP contribution in [0.25, 0.3) is 0 Å². The second-order valence-electron chi connectivity index (χ2n) is 4.24. The van der Waals surface area contributed by atoms with Gasteiger partial charge in [0.25, 0.3) is 5.91 Å². The minimum Gasteiger partial charge on any atom is -0.497 e. The molecular formula is C14H20N2O5. The summed E-state index contributed by atoms with van der Waals surface area (Å²) in [5.41, 5.74) is 0.493. The summed E-state index contributed by atoms with van der Waals surface area (Å²) in [6, 6.07) is 4.29. The van der Waals surface area contributed by atoms with Crippen molar-refractivity contribution in [1.29, 1.82) is 0 Å². The number of nitrogens with one attached hydrogen (secondary N) is 2. The summed E-state index contributed by atoms with van der Waals surface area (Å²) in [5, 5.41) is 13.9. The smallest absolute Gasteiger partial charge is 0.321 e. The third kappa shape index (κ3) is 4.96. The molecule has 116 valence electrons. The van der Waals surface area contributed by atoms with Gasteiger partial charge >= 0.3 is 6.03 Å². The highest BCUT2D eigenvalue weighted by atomic mass is 16.5. The molecule has 3 amide bonds. The molecule has 0 aliphatic heterocycles. The summed E-state index contributed by atoms with van der Waals surface area (Å²) in [6.07, 6.45) is -0.883. The van der Waals surface area contributed by atoms with E-state index in [1.165, 1.54) is 14.0 Å². The fourth-order valence-corrected chi connectivity index (χ4v) is 1.58. The first-order chi connectivity index (χ1) is 10.0. The van der Waals surface area contributed by atoms with Gasteiger partial charge in [0.2, 0.25) is 0 Å². The molecule has 0 fully saturated rings. The third-order valence-corrected chi connectivity index (χ3v) is 2.69. The molecule has 1 atom stereocenters. The van der Waals surface area contributed by atoms with Gasteiger partial charge in [0, 0.05) is 12.1 Å². The lowest BCUT2D eigenvalue weighted by Gasteiger charge is -2.17. The van der Waals surface area contributed by atoms with Crippen molar-refractivity contribution in [1.82, 2.24) is 10.6 Å². The lowest BCUT2D eigenvalue weighted by molar-refractivity contribution is -0.126. The number of hydrogen-bond donors (Lipinski definition) is 3. The quantitative estimate of drug-likeness (QED) is 0.721. The van der Waals surface area contributed by atoms with Gasteiger partial charge in [-0.1, -0.05) is 0 Å². The van der Waals surface area contributed by atoms with Gasteiger partial charge in [0.15, 0.2) is 6.10 Å². The lowest BCUT2D eigenvalue weighted by Crippen LogP contribution is -2.45. The van der Waals surface area contributed by atoms with Gasteiger partial charge in [-0.15, -0.1) is 0 Å². The van der Waals surface area contributed by atoms with Crippen molar-refractivity contribution in [2.75, 3.05) is 13.7 Å². The number of methoxy groups -OCH3 is 1. The molecule has 0 aliphatic carbocycles. The minimum absolute atomic E-state index is 0.253. The average molecular weight is 296 g/mol. The Morgan fingerprint density at radius 1 is 1.38 bits per heavy atom. The number of carbonyl (C=O) groups is 2. The Morgan fingerprint density at radius 2 is 2.10 bits per heavy atom. The van der Waals surface area contributed by atoms with Crippen LogP contribution in [-0.2, 0) is 11.4 Å². The zero-order chi connectivity index (χ0) is 15.8. The summed E-state index contributed by atoms with van der Waals surface area (Å²) >= 11 is 0. The van der Waals surface area contributed by atoms with Crippen LogP contribution in [-0.4, -0.2) is 36.8 Å². The summed E-state index contributed by atoms with van der Waals surface area (Å²) in [7, 11) is 1.51. The second-order valence-corrected chi connectivity index (χ2v) is 4.24. The van der Waals surface area contributed by atoms with Crippen molar-refractivity contribution in [2.24, 2.45) is 0 Å². The predicted molar refractivity (Wildman–Crippen MR) is 76.2 cm³/mol. The molecule has 21 heavy (non-hydrogen) atoms. The third-order valence-electron chi connectivity index (χ3n) is 2.69. The van der Waals surface area contributed by atoms with Crippen LogP contribution in [0.15, 0.2) is 18.2 Å². The number of rotatable bonds is 6. The molecule has 0 aliphatic rings. The van der Waals surface area contributed by atoms with Crippen molar-refractivity contribution in [3.05, 3.63) is 23.8 Å². The highest BCUT2D eigenvalue weighted by molar-refractivity contribution is 5.96. The monoisotopic (exact) mass is 296 g/mol. The van der Waals surface area contributed by atoms with Crippen LogP contribution >= 0.6 is 0 Å². The van der Waals surface area contributed by atoms with E-state index in [-0.39, 0.29) is 6.61 Å². The molecule has 7 heteroatoms. The highest BCUT2D eigenvalue weighted by Crippen LogP contribution is 2.25. The first kappa shape index (κ1) is 16.8. The molecule has 0 aromatic heterocycles. The number of aliphatic hydroxyl groups excluding tert-OH is 1. The Bertz CT molecular complexity index is 504. The Balaban J connectivity index is 2.71. The molecule has 1 aromatic carbocycles. The van der Waals surface area contributed by atoms with E-state index in [1.807, 2.05) is 0 Å². The van der Waals surface area contributed by atoms with E-state index < -0.39 is 18.0 Å². The Kier molecular flexibility index (Phi) is 6.48. The Labute approximate surface area is 123 Å². The van der Waals surface area contributed by atoms with Gasteiger partial charge in [-0.25, -0.2) is 4.79 Å². The van der Waals surface area contributed by atoms with E-state index in [1.54, 1.807) is 25.1 Å². The summed E-state index contributed by atoms with van der Waals surface area (Å²) in [4.78, 5) is 23.0. The Hall–Kier alpha value is -2.28. The fraction of sp³-hybridized carbons (Fsp3) is 0.429. The summed E-state index contributed by atoms with van der Waals surface area (Å²) < 4.78 is 10.5. The number of amides is 3. The maximum atomic E-state index is 11.8. The number of urea groups is 1. The van der Waals surface area contributed by atoms with E-state index in [2.05, 4.69) is 10.6 Å². The molecule has 7 nitrogen and oxygen atoms in total. The Morgan fingerprint density at radius 3 is 2.67 bits per heavy atom. The van der Waals surface area contributed by atoms with Crippen LogP contribution in [0.1, 0.15) is 19.4 Å². The first-order valence-corrected chi connectivity index (χ1v) is 6.54. The number of hydrogen-bond acceptors (Lipinski definition) is 5. The molecule has 1 unspecified atom stereocenters. The maximum Gasteiger partial charge on any atom is 0.321 e. The first-order valence-electron chi connectivity index (χ1n) is 6.54. The van der Waals surface area contributed by atoms with E-state index in [4.69, 9.17) is 9.47 Å². The van der Waals surface area contributed by atoms with Gasteiger partial charge in [0.1, 0.15) is 11.5 Å². The van der Waals surface area contributed by atoms with Crippen molar-refractivity contribution >= 4 is 11.9 Å². The summed E-state index contributed by atoms with van der Waals surface area (Å²) in [6.45, 7) is 3.42. The van der Waals surface area contributed by atoms with Crippen LogP contribution in [0.2, 0.25) is 0 Å². The van der Waals surface area contributed by atoms with E-state index >= 15 is 0 Å². The zero-order valence-electron chi connectivity index (χ0n) is 12.3. The largest absolute Gasteiger partial charge is 0.497 e. The van der Waals surface area contributed by atoms with Gasteiger partial charge in [-0.3, -0.25) is 10.1 Å². The summed E-state index contributed by atoms with van der Waals surface area (Å²) in [5.74, 6) is 0.364. The number of carbonyl (C=O) groups excluding carboxylic acids is 2. The SMILES string of the molecule is CCNC(=O)NC(=O)C(C)Oc1ccc(OC)cc1CO. The van der Waals surface area contributed by atoms with Crippen LogP contribution in [0.5, 0.6) is 11.5 Å². The second kappa shape index (κ2) is 8.11.